The minimum absolute atomic E-state index is 0.170. The molecule has 1 aromatic heterocycles. The number of nitrogens with zero attached hydrogens (tertiary/aromatic N) is 3. The molecule has 2 heterocycles. The van der Waals surface area contributed by atoms with Crippen molar-refractivity contribution in [2.45, 2.75) is 24.0 Å². The molecule has 0 unspecified atom stereocenters. The van der Waals surface area contributed by atoms with E-state index in [4.69, 9.17) is 16.3 Å². The Morgan fingerprint density at radius 2 is 1.78 bits per heavy atom. The van der Waals surface area contributed by atoms with E-state index in [2.05, 4.69) is 25.5 Å². The normalized spacial score (nSPS) is 15.5. The molecule has 0 bridgehead atoms. The van der Waals surface area contributed by atoms with Crippen molar-refractivity contribution >= 4 is 57.4 Å². The molecule has 2 aromatic carbocycles. The number of aromatic nitrogens is 2. The predicted molar refractivity (Wildman–Crippen MR) is 151 cm³/mol. The van der Waals surface area contributed by atoms with E-state index >= 15 is 0 Å². The van der Waals surface area contributed by atoms with Crippen LogP contribution in [0.15, 0.2) is 53.6 Å². The molecular weight excluding hydrogens is 533 g/mol. The summed E-state index contributed by atoms with van der Waals surface area (Å²) in [5, 5.41) is 5.86. The molecule has 4 rings (SSSR count). The Balaban J connectivity index is 1.58. The molecule has 1 aliphatic rings. The summed E-state index contributed by atoms with van der Waals surface area (Å²) in [5.74, 6) is 1.12. The summed E-state index contributed by atoms with van der Waals surface area (Å²) in [6.07, 6.45) is 2.84. The van der Waals surface area contributed by atoms with Crippen molar-refractivity contribution in [1.29, 1.82) is 0 Å². The predicted octanol–water partition coefficient (Wildman–Crippen LogP) is 5.62. The van der Waals surface area contributed by atoms with Crippen LogP contribution in [0.3, 0.4) is 0 Å². The molecule has 37 heavy (non-hydrogen) atoms. The van der Waals surface area contributed by atoms with E-state index in [0.29, 0.717) is 29.4 Å². The van der Waals surface area contributed by atoms with Crippen LogP contribution in [0.25, 0.3) is 0 Å². The van der Waals surface area contributed by atoms with Crippen molar-refractivity contribution in [2.24, 2.45) is 0 Å². The number of sulfone groups is 1. The van der Waals surface area contributed by atoms with Gasteiger partial charge < -0.3 is 24.8 Å². The van der Waals surface area contributed by atoms with Gasteiger partial charge in [-0.2, -0.15) is 4.98 Å². The summed E-state index contributed by atoms with van der Waals surface area (Å²) in [6.45, 7) is 6.63. The molecule has 1 saturated heterocycles. The summed E-state index contributed by atoms with van der Waals surface area (Å²) < 4.78 is 43.6. The minimum atomic E-state index is -3.53. The molecule has 1 fully saturated rings. The molecule has 3 aromatic rings. The molecule has 9 nitrogen and oxygen atoms in total. The summed E-state index contributed by atoms with van der Waals surface area (Å²) >= 11 is 6.35. The van der Waals surface area contributed by atoms with Crippen LogP contribution in [0.2, 0.25) is 5.02 Å². The standard InChI is InChI=1S/C25H31ClN5O4PS/c1-17(2)37(33,34)23-8-6-5-7-21(23)28-24-19(26)16-27-25(30-24)29-20-10-9-18(15-22(20)35-3)31-11-13-36(4,32)14-12-31/h5-10,15-17H,11-14H2,1-4H3,(H2,27,28,29,30). The van der Waals surface area contributed by atoms with Gasteiger partial charge in [0.05, 0.1) is 42.0 Å². The Labute approximate surface area is 222 Å². The number of benzene rings is 2. The number of para-hydroxylation sites is 1. The summed E-state index contributed by atoms with van der Waals surface area (Å²) in [7, 11) is -3.97. The van der Waals surface area contributed by atoms with Gasteiger partial charge in [-0.05, 0) is 44.8 Å². The monoisotopic (exact) mass is 563 g/mol. The molecule has 0 amide bonds. The van der Waals surface area contributed by atoms with Crippen molar-refractivity contribution in [1.82, 2.24) is 9.97 Å². The Kier molecular flexibility index (Phi) is 8.02. The molecule has 0 saturated carbocycles. The van der Waals surface area contributed by atoms with E-state index < -0.39 is 22.2 Å². The number of anilines is 5. The number of hydrogen-bond donors (Lipinski definition) is 2. The maximum Gasteiger partial charge on any atom is 0.229 e. The van der Waals surface area contributed by atoms with Crippen molar-refractivity contribution < 1.29 is 17.7 Å². The fourth-order valence-electron chi connectivity index (χ4n) is 3.96. The van der Waals surface area contributed by atoms with E-state index in [1.54, 1.807) is 45.2 Å². The molecule has 198 valence electrons. The lowest BCUT2D eigenvalue weighted by Crippen LogP contribution is -2.34. The maximum atomic E-state index is 12.8. The third-order valence-corrected chi connectivity index (χ3v) is 11.1. The number of halogens is 1. The highest BCUT2D eigenvalue weighted by Gasteiger charge is 2.25. The molecule has 0 spiro atoms. The molecule has 0 radical (unpaired) electrons. The summed E-state index contributed by atoms with van der Waals surface area (Å²) in [5.41, 5.74) is 2.02. The maximum absolute atomic E-state index is 12.8. The lowest BCUT2D eigenvalue weighted by atomic mass is 10.2. The smallest absolute Gasteiger partial charge is 0.229 e. The second kappa shape index (κ2) is 10.9. The van der Waals surface area contributed by atoms with E-state index in [9.17, 15) is 13.0 Å². The van der Waals surface area contributed by atoms with Crippen LogP contribution in [-0.2, 0) is 14.4 Å². The highest BCUT2D eigenvalue weighted by Crippen LogP contribution is 2.44. The largest absolute Gasteiger partial charge is 0.494 e. The topological polar surface area (TPSA) is 114 Å². The Bertz CT molecular complexity index is 1440. The van der Waals surface area contributed by atoms with Crippen LogP contribution in [0, 0.1) is 0 Å². The Morgan fingerprint density at radius 1 is 1.08 bits per heavy atom. The van der Waals surface area contributed by atoms with Gasteiger partial charge in [0, 0.05) is 37.2 Å². The highest BCUT2D eigenvalue weighted by molar-refractivity contribution is 7.92. The van der Waals surface area contributed by atoms with Crippen LogP contribution in [0.5, 0.6) is 5.75 Å². The molecule has 0 aliphatic carbocycles. The first kappa shape index (κ1) is 27.2. The fraction of sp³-hybridized carbons (Fsp3) is 0.360. The van der Waals surface area contributed by atoms with Gasteiger partial charge in [0.15, 0.2) is 15.7 Å². The molecule has 12 heteroatoms. The first-order chi connectivity index (χ1) is 17.5. The fourth-order valence-corrected chi connectivity index (χ4v) is 6.85. The van der Waals surface area contributed by atoms with Gasteiger partial charge >= 0.3 is 0 Å². The van der Waals surface area contributed by atoms with Gasteiger partial charge in [-0.1, -0.05) is 23.7 Å². The minimum Gasteiger partial charge on any atom is -0.494 e. The van der Waals surface area contributed by atoms with Crippen molar-refractivity contribution in [3.63, 3.8) is 0 Å². The van der Waals surface area contributed by atoms with Crippen molar-refractivity contribution in [2.75, 3.05) is 54.7 Å². The lowest BCUT2D eigenvalue weighted by molar-refractivity contribution is 0.416. The second-order valence-corrected chi connectivity index (χ2v) is 15.7. The average molecular weight is 564 g/mol. The number of nitrogens with one attached hydrogen (secondary N) is 2. The van der Waals surface area contributed by atoms with Gasteiger partial charge in [-0.15, -0.1) is 0 Å². The number of rotatable bonds is 8. The van der Waals surface area contributed by atoms with Crippen LogP contribution in [-0.4, -0.2) is 62.8 Å². The molecular formula is C25H31ClN5O4PS. The quantitative estimate of drug-likeness (QED) is 0.337. The van der Waals surface area contributed by atoms with E-state index in [1.165, 1.54) is 6.20 Å². The number of methoxy groups -OCH3 is 1. The van der Waals surface area contributed by atoms with Gasteiger partial charge in [0.25, 0.3) is 0 Å². The van der Waals surface area contributed by atoms with E-state index in [0.717, 1.165) is 18.8 Å². The first-order valence-electron chi connectivity index (χ1n) is 11.9. The SMILES string of the molecule is COc1cc(N2CCP(C)(=O)CC2)ccc1Nc1ncc(Cl)c(Nc2ccccc2S(=O)(=O)C(C)C)n1. The molecule has 0 atom stereocenters. The average Bonchev–Trinajstić information content (AvgIpc) is 2.86. The lowest BCUT2D eigenvalue weighted by Gasteiger charge is -2.32. The zero-order valence-electron chi connectivity index (χ0n) is 21.2. The Hall–Kier alpha value is -2.81. The number of hydrogen-bond acceptors (Lipinski definition) is 9. The number of ether oxygens (including phenoxy) is 1. The van der Waals surface area contributed by atoms with Crippen LogP contribution >= 0.6 is 18.7 Å². The van der Waals surface area contributed by atoms with E-state index in [1.807, 2.05) is 24.9 Å². The van der Waals surface area contributed by atoms with Crippen molar-refractivity contribution in [3.05, 3.63) is 53.7 Å². The van der Waals surface area contributed by atoms with Gasteiger partial charge in [0.1, 0.15) is 10.8 Å². The third kappa shape index (κ3) is 6.20. The van der Waals surface area contributed by atoms with Crippen molar-refractivity contribution in [3.8, 4) is 5.75 Å². The second-order valence-electron chi connectivity index (χ2n) is 9.35. The summed E-state index contributed by atoms with van der Waals surface area (Å²) in [4.78, 5) is 11.1. The van der Waals surface area contributed by atoms with Gasteiger partial charge in [0.2, 0.25) is 5.95 Å². The molecule has 2 N–H and O–H groups in total. The van der Waals surface area contributed by atoms with Crippen LogP contribution < -0.4 is 20.3 Å². The van der Waals surface area contributed by atoms with Gasteiger partial charge in [-0.25, -0.2) is 13.4 Å². The van der Waals surface area contributed by atoms with E-state index in [-0.39, 0.29) is 21.7 Å². The van der Waals surface area contributed by atoms with Crippen LogP contribution in [0.1, 0.15) is 13.8 Å². The van der Waals surface area contributed by atoms with Crippen LogP contribution in [0.4, 0.5) is 28.8 Å². The first-order valence-corrected chi connectivity index (χ1v) is 16.3. The zero-order valence-corrected chi connectivity index (χ0v) is 23.7. The summed E-state index contributed by atoms with van der Waals surface area (Å²) in [6, 6.07) is 12.4. The molecule has 1 aliphatic heterocycles. The highest BCUT2D eigenvalue weighted by atomic mass is 35.5. The van der Waals surface area contributed by atoms with Gasteiger partial charge in [-0.3, -0.25) is 0 Å². The Morgan fingerprint density at radius 3 is 2.46 bits per heavy atom. The third-order valence-electron chi connectivity index (χ3n) is 6.29. The zero-order chi connectivity index (χ0) is 26.8.